The summed E-state index contributed by atoms with van der Waals surface area (Å²) in [6.45, 7) is 2.60. The fraction of sp³-hybridized carbons (Fsp3) is 0.600. The minimum Gasteiger partial charge on any atom is -0.506 e. The molecule has 5 heterocycles. The van der Waals surface area contributed by atoms with Crippen LogP contribution in [0.25, 0.3) is 0 Å². The number of aromatic hydroxyl groups is 1. The number of nitrogens with zero attached hydrogens (tertiary/aromatic N) is 6. The van der Waals surface area contributed by atoms with Gasteiger partial charge < -0.3 is 58.7 Å². The number of unbranched alkanes of at least 4 members (excludes halogenated alkanes) is 1. The van der Waals surface area contributed by atoms with Gasteiger partial charge in [0.25, 0.3) is 0 Å². The molecule has 0 spiro atoms. The van der Waals surface area contributed by atoms with E-state index in [1.54, 1.807) is 18.2 Å². The van der Waals surface area contributed by atoms with E-state index in [0.29, 0.717) is 69.4 Å². The van der Waals surface area contributed by atoms with Crippen molar-refractivity contribution in [2.75, 3.05) is 53.2 Å². The average Bonchev–Trinajstić information content (AvgIpc) is 3.59. The Morgan fingerprint density at radius 2 is 1.71 bits per heavy atom. The lowest BCUT2D eigenvalue weighted by atomic mass is 10.0. The topological polar surface area (TPSA) is 267 Å². The minimum absolute atomic E-state index is 0.0750. The molecule has 4 aliphatic heterocycles. The van der Waals surface area contributed by atoms with Crippen molar-refractivity contribution in [2.24, 2.45) is 22.2 Å². The van der Waals surface area contributed by atoms with Gasteiger partial charge in [0.15, 0.2) is 0 Å². The molecule has 7 atom stereocenters. The number of aromatic nitrogens is 3. The van der Waals surface area contributed by atoms with Crippen molar-refractivity contribution in [1.29, 1.82) is 0 Å². The van der Waals surface area contributed by atoms with Crippen molar-refractivity contribution >= 4 is 47.2 Å². The molecule has 0 aliphatic carbocycles. The predicted molar refractivity (Wildman–Crippen MR) is 179 cm³/mol. The smallest absolute Gasteiger partial charge is 0.315 e. The van der Waals surface area contributed by atoms with Crippen LogP contribution in [0.5, 0.6) is 5.75 Å². The van der Waals surface area contributed by atoms with Gasteiger partial charge in [-0.05, 0) is 37.8 Å². The number of carbonyl (C=O) groups is 2. The summed E-state index contributed by atoms with van der Waals surface area (Å²) in [5, 5.41) is 26.0. The van der Waals surface area contributed by atoms with E-state index in [1.807, 2.05) is 9.80 Å². The van der Waals surface area contributed by atoms with Gasteiger partial charge in [-0.3, -0.25) is 4.79 Å². The maximum atomic E-state index is 12.7. The van der Waals surface area contributed by atoms with Crippen molar-refractivity contribution in [2.45, 2.75) is 80.8 Å². The van der Waals surface area contributed by atoms with Gasteiger partial charge in [0, 0.05) is 75.1 Å². The highest BCUT2D eigenvalue weighted by Gasteiger charge is 2.41. The van der Waals surface area contributed by atoms with Gasteiger partial charge in [0.2, 0.25) is 29.8 Å². The molecule has 0 saturated carbocycles. The molecule has 4 fully saturated rings. The molecule has 18 nitrogen and oxygen atoms in total. The number of phenolic OH excluding ortho intramolecular Hbond substituents is 1. The summed E-state index contributed by atoms with van der Waals surface area (Å²) in [4.78, 5) is 56.9. The Balaban J connectivity index is 1.09. The molecule has 2 aromatic rings. The Labute approximate surface area is 277 Å². The number of hydrogen-bond acceptors (Lipinski definition) is 15. The van der Waals surface area contributed by atoms with Gasteiger partial charge in [-0.1, -0.05) is 6.42 Å². The van der Waals surface area contributed by atoms with Crippen molar-refractivity contribution in [3.05, 3.63) is 18.2 Å². The third-order valence-electron chi connectivity index (χ3n) is 9.17. The maximum absolute atomic E-state index is 12.7. The lowest BCUT2D eigenvalue weighted by molar-refractivity contribution is -0.116. The van der Waals surface area contributed by atoms with Crippen LogP contribution in [-0.4, -0.2) is 113 Å². The lowest BCUT2D eigenvalue weighted by Crippen LogP contribution is -2.53. The zero-order valence-corrected chi connectivity index (χ0v) is 26.6. The van der Waals surface area contributed by atoms with E-state index in [1.165, 1.54) is 6.07 Å². The summed E-state index contributed by atoms with van der Waals surface area (Å²) < 4.78 is 0. The number of nitrogens with two attached hydrogens (primary N) is 3. The summed E-state index contributed by atoms with van der Waals surface area (Å²) in [7, 11) is 0. The van der Waals surface area contributed by atoms with Crippen LogP contribution in [0.3, 0.4) is 0 Å². The van der Waals surface area contributed by atoms with Crippen molar-refractivity contribution in [3.63, 3.8) is 0 Å². The number of fused-ring (bicyclic) bond motifs is 1. The molecular formula is C30H44N14O4. The van der Waals surface area contributed by atoms with E-state index in [-0.39, 0.29) is 71.6 Å². The van der Waals surface area contributed by atoms with Crippen molar-refractivity contribution < 1.29 is 19.5 Å². The molecule has 1 aromatic carbocycles. The van der Waals surface area contributed by atoms with Gasteiger partial charge in [0.05, 0.1) is 23.8 Å². The monoisotopic (exact) mass is 664 g/mol. The lowest BCUT2D eigenvalue weighted by Gasteiger charge is -2.36. The van der Waals surface area contributed by atoms with Crippen LogP contribution >= 0.6 is 0 Å². The Hall–Kier alpha value is -4.61. The summed E-state index contributed by atoms with van der Waals surface area (Å²) in [6, 6.07) is 4.12. The highest BCUT2D eigenvalue weighted by atomic mass is 16.3. The van der Waals surface area contributed by atoms with Crippen LogP contribution in [0.2, 0.25) is 0 Å². The van der Waals surface area contributed by atoms with Crippen LogP contribution in [0.4, 0.5) is 34.0 Å². The number of isocyanates is 1. The second-order valence-corrected chi connectivity index (χ2v) is 13.1. The average molecular weight is 665 g/mol. The zero-order chi connectivity index (χ0) is 33.8. The number of hydrogen-bond donors (Lipinski definition) is 9. The molecule has 1 aromatic heterocycles. The number of benzene rings is 1. The predicted octanol–water partition coefficient (Wildman–Crippen LogP) is -1.05. The molecular weight excluding hydrogens is 620 g/mol. The fourth-order valence-electron chi connectivity index (χ4n) is 6.98. The molecule has 0 radical (unpaired) electrons. The van der Waals surface area contributed by atoms with Gasteiger partial charge in [-0.2, -0.15) is 15.0 Å². The van der Waals surface area contributed by atoms with E-state index < -0.39 is 0 Å². The highest BCUT2D eigenvalue weighted by Crippen LogP contribution is 2.30. The highest BCUT2D eigenvalue weighted by molar-refractivity contribution is 5.92. The van der Waals surface area contributed by atoms with E-state index >= 15 is 0 Å². The van der Waals surface area contributed by atoms with Crippen LogP contribution in [0.15, 0.2) is 23.2 Å². The number of rotatable bonds is 11. The fourth-order valence-corrected chi connectivity index (χ4v) is 6.98. The molecule has 258 valence electrons. The SMILES string of the molecule is N[C@@H]1C[C@H](N)CN(c2nc(Nc3ccc(NC(=O)CCCC[C@@H]4NCC5NC(=O)NC54)c(O)c3)nc(N3C[C@H](N)C[C@H](N=C=O)C3)n2)C1. The van der Waals surface area contributed by atoms with Crippen LogP contribution in [-0.2, 0) is 9.59 Å². The Bertz CT molecular complexity index is 1530. The number of phenols is 1. The van der Waals surface area contributed by atoms with E-state index in [0.717, 1.165) is 19.4 Å². The molecule has 48 heavy (non-hydrogen) atoms. The number of anilines is 5. The van der Waals surface area contributed by atoms with E-state index in [2.05, 4.69) is 41.5 Å². The Morgan fingerprint density at radius 1 is 1.00 bits per heavy atom. The standard InChI is InChI=1S/C30H44N14O4/c31-16-7-17(32)12-43(11-16)28-40-27(41-29(42-28)44-13-18(33)8-20(14-44)35-15-45)36-19-5-6-21(24(46)9-19)37-25(47)4-2-1-3-22-26-23(10-34-22)38-30(48)39-26/h5-6,9,16-18,20,22-23,26,34,46H,1-4,7-8,10-14,31-33H2,(H,37,47)(H2,38,39,48)(H,36,40,41,42)/t16-,17+,18-,20+,22+,23?,26?/m1/s1. The summed E-state index contributed by atoms with van der Waals surface area (Å²) in [5.74, 6) is 0.602. The normalized spacial score (nSPS) is 28.2. The van der Waals surface area contributed by atoms with Crippen LogP contribution in [0, 0.1) is 0 Å². The number of aliphatic imine (C=N–C) groups is 1. The molecule has 18 heteroatoms. The first-order valence-corrected chi connectivity index (χ1v) is 16.4. The summed E-state index contributed by atoms with van der Waals surface area (Å²) >= 11 is 0. The largest absolute Gasteiger partial charge is 0.506 e. The Kier molecular flexibility index (Phi) is 10.2. The second kappa shape index (κ2) is 14.7. The zero-order valence-electron chi connectivity index (χ0n) is 26.6. The number of piperidine rings is 2. The number of amides is 3. The molecule has 6 rings (SSSR count). The van der Waals surface area contributed by atoms with Gasteiger partial charge >= 0.3 is 6.03 Å². The van der Waals surface area contributed by atoms with Gasteiger partial charge in [0.1, 0.15) is 5.75 Å². The van der Waals surface area contributed by atoms with Crippen LogP contribution in [0.1, 0.15) is 38.5 Å². The summed E-state index contributed by atoms with van der Waals surface area (Å²) in [5.41, 5.74) is 19.5. The molecule has 4 saturated heterocycles. The molecule has 3 amide bonds. The molecule has 4 aliphatic rings. The number of urea groups is 1. The maximum Gasteiger partial charge on any atom is 0.315 e. The second-order valence-electron chi connectivity index (χ2n) is 13.1. The first-order chi connectivity index (χ1) is 23.1. The van der Waals surface area contributed by atoms with Crippen molar-refractivity contribution in [1.82, 2.24) is 30.9 Å². The third kappa shape index (κ3) is 8.08. The number of nitrogens with one attached hydrogen (secondary N) is 5. The summed E-state index contributed by atoms with van der Waals surface area (Å²) in [6.07, 6.45) is 5.49. The van der Waals surface area contributed by atoms with Gasteiger partial charge in [-0.25, -0.2) is 14.6 Å². The minimum atomic E-state index is -0.342. The van der Waals surface area contributed by atoms with Crippen molar-refractivity contribution in [3.8, 4) is 5.75 Å². The molecule has 2 unspecified atom stereocenters. The van der Waals surface area contributed by atoms with Gasteiger partial charge in [-0.15, -0.1) is 0 Å². The first kappa shape index (κ1) is 33.3. The molecule has 0 bridgehead atoms. The number of carbonyl (C=O) groups excluding carboxylic acids is 3. The quantitative estimate of drug-likeness (QED) is 0.0601. The molecule has 12 N–H and O–H groups in total. The van der Waals surface area contributed by atoms with E-state index in [4.69, 9.17) is 22.2 Å². The van der Waals surface area contributed by atoms with Crippen LogP contribution < -0.4 is 53.6 Å². The Morgan fingerprint density at radius 3 is 2.42 bits per heavy atom. The first-order valence-electron chi connectivity index (χ1n) is 16.4. The van der Waals surface area contributed by atoms with E-state index in [9.17, 15) is 19.5 Å². The third-order valence-corrected chi connectivity index (χ3v) is 9.17.